The lowest BCUT2D eigenvalue weighted by Gasteiger charge is -2.10. The Morgan fingerprint density at radius 1 is 1.09 bits per heavy atom. The van der Waals surface area contributed by atoms with E-state index in [0.717, 1.165) is 0 Å². The van der Waals surface area contributed by atoms with Gasteiger partial charge in [-0.1, -0.05) is 41.9 Å². The maximum atomic E-state index is 12.7. The molecule has 23 heavy (non-hydrogen) atoms. The molecule has 5 nitrogen and oxygen atoms in total. The van der Waals surface area contributed by atoms with Gasteiger partial charge in [-0.3, -0.25) is 9.59 Å². The van der Waals surface area contributed by atoms with Gasteiger partial charge in [-0.2, -0.15) is 0 Å². The highest BCUT2D eigenvalue weighted by molar-refractivity contribution is 6.31. The molecule has 3 rings (SSSR count). The van der Waals surface area contributed by atoms with E-state index in [0.29, 0.717) is 21.8 Å². The summed E-state index contributed by atoms with van der Waals surface area (Å²) in [6, 6.07) is 13.5. The highest BCUT2D eigenvalue weighted by Gasteiger charge is 2.17. The third kappa shape index (κ3) is 3.30. The fraction of sp³-hybridized carbons (Fsp3) is 0. The Balaban J connectivity index is 1.95. The molecule has 0 saturated heterocycles. The summed E-state index contributed by atoms with van der Waals surface area (Å²) < 4.78 is 0. The number of halogens is 1. The fourth-order valence-electron chi connectivity index (χ4n) is 2.13. The van der Waals surface area contributed by atoms with Crippen LogP contribution in [0.15, 0.2) is 60.9 Å². The number of aromatic amines is 1. The van der Waals surface area contributed by atoms with Gasteiger partial charge in [0.15, 0.2) is 11.6 Å². The summed E-state index contributed by atoms with van der Waals surface area (Å²) in [7, 11) is 0. The standard InChI is InChI=1S/C17H12ClN3O2/c18-12-6-7-14(21-17(23)16-19-8-9-20-16)13(10-12)15(22)11-4-2-1-3-5-11/h1-10H,(H,19,20)(H,21,23). The van der Waals surface area contributed by atoms with Gasteiger partial charge in [0.05, 0.1) is 5.69 Å². The smallest absolute Gasteiger partial charge is 0.291 e. The van der Waals surface area contributed by atoms with Crippen LogP contribution in [0.25, 0.3) is 0 Å². The van der Waals surface area contributed by atoms with Crippen LogP contribution < -0.4 is 5.32 Å². The van der Waals surface area contributed by atoms with E-state index < -0.39 is 5.91 Å². The van der Waals surface area contributed by atoms with E-state index in [9.17, 15) is 9.59 Å². The molecule has 0 aliphatic heterocycles. The number of benzene rings is 2. The van der Waals surface area contributed by atoms with Crippen molar-refractivity contribution in [2.24, 2.45) is 0 Å². The van der Waals surface area contributed by atoms with Crippen molar-refractivity contribution in [2.75, 3.05) is 5.32 Å². The van der Waals surface area contributed by atoms with Crippen LogP contribution in [0.4, 0.5) is 5.69 Å². The average Bonchev–Trinajstić information content (AvgIpc) is 3.11. The number of imidazole rings is 1. The Morgan fingerprint density at radius 2 is 1.87 bits per heavy atom. The Morgan fingerprint density at radius 3 is 2.57 bits per heavy atom. The molecule has 0 fully saturated rings. The molecule has 0 bridgehead atoms. The van der Waals surface area contributed by atoms with Crippen LogP contribution >= 0.6 is 11.6 Å². The molecular weight excluding hydrogens is 314 g/mol. The van der Waals surface area contributed by atoms with Gasteiger partial charge >= 0.3 is 0 Å². The maximum Gasteiger partial charge on any atom is 0.291 e. The minimum atomic E-state index is -0.431. The molecule has 1 heterocycles. The van der Waals surface area contributed by atoms with Crippen molar-refractivity contribution in [1.29, 1.82) is 0 Å². The Bertz CT molecular complexity index is 846. The summed E-state index contributed by atoms with van der Waals surface area (Å²) >= 11 is 6.00. The highest BCUT2D eigenvalue weighted by Crippen LogP contribution is 2.24. The van der Waals surface area contributed by atoms with Crippen molar-refractivity contribution >= 4 is 29.0 Å². The van der Waals surface area contributed by atoms with Gasteiger partial charge in [0, 0.05) is 28.5 Å². The lowest BCUT2D eigenvalue weighted by Crippen LogP contribution is -2.16. The lowest BCUT2D eigenvalue weighted by atomic mass is 10.0. The normalized spacial score (nSPS) is 10.3. The monoisotopic (exact) mass is 325 g/mol. The van der Waals surface area contributed by atoms with Crippen LogP contribution in [0.3, 0.4) is 0 Å². The molecule has 0 atom stereocenters. The zero-order valence-corrected chi connectivity index (χ0v) is 12.7. The number of anilines is 1. The van der Waals surface area contributed by atoms with E-state index in [4.69, 9.17) is 11.6 Å². The average molecular weight is 326 g/mol. The molecule has 2 aromatic carbocycles. The minimum absolute atomic E-state index is 0.165. The predicted octanol–water partition coefficient (Wildman–Crippen LogP) is 3.55. The second kappa shape index (κ2) is 6.46. The SMILES string of the molecule is O=C(Nc1ccc(Cl)cc1C(=O)c1ccccc1)c1ncc[nH]1. The van der Waals surface area contributed by atoms with E-state index in [2.05, 4.69) is 15.3 Å². The van der Waals surface area contributed by atoms with Crippen molar-refractivity contribution in [3.63, 3.8) is 0 Å². The van der Waals surface area contributed by atoms with Crippen molar-refractivity contribution in [2.45, 2.75) is 0 Å². The van der Waals surface area contributed by atoms with E-state index in [1.54, 1.807) is 42.6 Å². The second-order valence-electron chi connectivity index (χ2n) is 4.78. The summed E-state index contributed by atoms with van der Waals surface area (Å²) in [6.45, 7) is 0. The van der Waals surface area contributed by atoms with Crippen LogP contribution in [0.1, 0.15) is 26.5 Å². The molecule has 2 N–H and O–H groups in total. The summed E-state index contributed by atoms with van der Waals surface area (Å²) in [5.41, 5.74) is 1.22. The lowest BCUT2D eigenvalue weighted by molar-refractivity contribution is 0.101. The number of hydrogen-bond donors (Lipinski definition) is 2. The van der Waals surface area contributed by atoms with Crippen molar-refractivity contribution in [3.8, 4) is 0 Å². The first kappa shape index (κ1) is 15.0. The zero-order chi connectivity index (χ0) is 16.2. The minimum Gasteiger partial charge on any atom is -0.341 e. The van der Waals surface area contributed by atoms with Crippen molar-refractivity contribution in [1.82, 2.24) is 9.97 Å². The predicted molar refractivity (Wildman–Crippen MR) is 87.9 cm³/mol. The van der Waals surface area contributed by atoms with Gasteiger partial charge in [-0.25, -0.2) is 4.98 Å². The first-order chi connectivity index (χ1) is 11.1. The van der Waals surface area contributed by atoms with Gasteiger partial charge in [0.1, 0.15) is 0 Å². The van der Waals surface area contributed by atoms with Crippen LogP contribution in [0, 0.1) is 0 Å². The summed E-state index contributed by atoms with van der Waals surface area (Å²) in [5, 5.41) is 3.10. The molecule has 1 amide bonds. The summed E-state index contributed by atoms with van der Waals surface area (Å²) in [6.07, 6.45) is 3.03. The van der Waals surface area contributed by atoms with Crippen molar-refractivity contribution < 1.29 is 9.59 Å². The Kier molecular flexibility index (Phi) is 4.21. The number of carbonyl (C=O) groups excluding carboxylic acids is 2. The molecule has 0 radical (unpaired) electrons. The first-order valence-corrected chi connectivity index (χ1v) is 7.23. The first-order valence-electron chi connectivity index (χ1n) is 6.85. The van der Waals surface area contributed by atoms with Crippen LogP contribution in [-0.4, -0.2) is 21.7 Å². The van der Waals surface area contributed by atoms with Gasteiger partial charge in [0.25, 0.3) is 5.91 Å². The number of carbonyl (C=O) groups is 2. The number of aromatic nitrogens is 2. The number of nitrogens with one attached hydrogen (secondary N) is 2. The number of nitrogens with zero attached hydrogens (tertiary/aromatic N) is 1. The van der Waals surface area contributed by atoms with E-state index in [1.807, 2.05) is 6.07 Å². The molecular formula is C17H12ClN3O2. The van der Waals surface area contributed by atoms with Gasteiger partial charge in [-0.15, -0.1) is 0 Å². The fourth-order valence-corrected chi connectivity index (χ4v) is 2.30. The molecule has 114 valence electrons. The second-order valence-corrected chi connectivity index (χ2v) is 5.21. The van der Waals surface area contributed by atoms with Crippen LogP contribution in [-0.2, 0) is 0 Å². The Hall–Kier alpha value is -2.92. The quantitative estimate of drug-likeness (QED) is 0.720. The number of H-pyrrole nitrogens is 1. The molecule has 0 unspecified atom stereocenters. The van der Waals surface area contributed by atoms with Gasteiger partial charge in [-0.05, 0) is 18.2 Å². The molecule has 1 aromatic heterocycles. The van der Waals surface area contributed by atoms with Gasteiger partial charge < -0.3 is 10.3 Å². The number of rotatable bonds is 4. The number of hydrogen-bond acceptors (Lipinski definition) is 3. The third-order valence-electron chi connectivity index (χ3n) is 3.22. The molecule has 0 saturated carbocycles. The molecule has 0 spiro atoms. The number of amides is 1. The summed E-state index contributed by atoms with van der Waals surface area (Å²) in [4.78, 5) is 31.4. The Labute approximate surface area is 137 Å². The highest BCUT2D eigenvalue weighted by atomic mass is 35.5. The zero-order valence-electron chi connectivity index (χ0n) is 11.9. The largest absolute Gasteiger partial charge is 0.341 e. The van der Waals surface area contributed by atoms with E-state index >= 15 is 0 Å². The third-order valence-corrected chi connectivity index (χ3v) is 3.46. The van der Waals surface area contributed by atoms with E-state index in [-0.39, 0.29) is 11.6 Å². The molecule has 6 heteroatoms. The van der Waals surface area contributed by atoms with Crippen LogP contribution in [0.5, 0.6) is 0 Å². The van der Waals surface area contributed by atoms with Crippen LogP contribution in [0.2, 0.25) is 5.02 Å². The van der Waals surface area contributed by atoms with E-state index in [1.165, 1.54) is 12.3 Å². The summed E-state index contributed by atoms with van der Waals surface area (Å²) in [5.74, 6) is -0.486. The number of ketones is 1. The topological polar surface area (TPSA) is 74.8 Å². The molecule has 0 aliphatic carbocycles. The maximum absolute atomic E-state index is 12.7. The van der Waals surface area contributed by atoms with Gasteiger partial charge in [0.2, 0.25) is 0 Å². The van der Waals surface area contributed by atoms with Crippen molar-refractivity contribution in [3.05, 3.63) is 82.9 Å². The molecule has 0 aliphatic rings. The molecule has 3 aromatic rings.